The number of hydrogen-bond acceptors (Lipinski definition) is 4. The number of methoxy groups -OCH3 is 1. The fourth-order valence-electron chi connectivity index (χ4n) is 1.96. The highest BCUT2D eigenvalue weighted by Crippen LogP contribution is 2.28. The van der Waals surface area contributed by atoms with Gasteiger partial charge in [-0.15, -0.1) is 0 Å². The van der Waals surface area contributed by atoms with E-state index >= 15 is 0 Å². The molecule has 0 spiro atoms. The van der Waals surface area contributed by atoms with E-state index in [0.717, 1.165) is 0 Å². The van der Waals surface area contributed by atoms with E-state index in [0.29, 0.717) is 34.1 Å². The van der Waals surface area contributed by atoms with Crippen LogP contribution in [-0.4, -0.2) is 13.0 Å². The van der Waals surface area contributed by atoms with E-state index in [1.54, 1.807) is 38.1 Å². The molecule has 0 saturated carbocycles. The van der Waals surface area contributed by atoms with Gasteiger partial charge in [-0.05, 0) is 32.0 Å². The monoisotopic (exact) mass is 270 g/mol. The summed E-state index contributed by atoms with van der Waals surface area (Å²) in [4.78, 5) is 12.2. The van der Waals surface area contributed by atoms with E-state index in [9.17, 15) is 4.79 Å². The first-order valence-electron chi connectivity index (χ1n) is 6.02. The van der Waals surface area contributed by atoms with Crippen molar-refractivity contribution in [1.29, 1.82) is 5.26 Å². The SMILES string of the molecule is COc1cccc(C#N)c1NC(=O)c1cc(C)oc1C. The van der Waals surface area contributed by atoms with Crippen LogP contribution in [0.3, 0.4) is 0 Å². The maximum absolute atomic E-state index is 12.2. The molecule has 1 aromatic heterocycles. The van der Waals surface area contributed by atoms with Crippen LogP contribution in [0.25, 0.3) is 0 Å². The second-order valence-corrected chi connectivity index (χ2v) is 4.28. The Morgan fingerprint density at radius 3 is 2.70 bits per heavy atom. The highest BCUT2D eigenvalue weighted by molar-refractivity contribution is 6.06. The van der Waals surface area contributed by atoms with Crippen molar-refractivity contribution in [2.75, 3.05) is 12.4 Å². The summed E-state index contributed by atoms with van der Waals surface area (Å²) in [7, 11) is 1.49. The molecule has 5 nitrogen and oxygen atoms in total. The Labute approximate surface area is 116 Å². The molecule has 0 aliphatic heterocycles. The third-order valence-electron chi connectivity index (χ3n) is 2.89. The molecule has 1 heterocycles. The number of carbonyl (C=O) groups is 1. The Hall–Kier alpha value is -2.74. The summed E-state index contributed by atoms with van der Waals surface area (Å²) >= 11 is 0. The summed E-state index contributed by atoms with van der Waals surface area (Å²) in [5.41, 5.74) is 1.15. The molecule has 0 unspecified atom stereocenters. The van der Waals surface area contributed by atoms with Crippen molar-refractivity contribution in [3.05, 3.63) is 46.9 Å². The van der Waals surface area contributed by atoms with Crippen LogP contribution in [-0.2, 0) is 0 Å². The standard InChI is InChI=1S/C15H14N2O3/c1-9-7-12(10(2)20-9)15(18)17-14-11(8-16)5-4-6-13(14)19-3/h4-7H,1-3H3,(H,17,18). The number of ether oxygens (including phenoxy) is 1. The molecule has 0 aliphatic carbocycles. The van der Waals surface area contributed by atoms with Crippen molar-refractivity contribution >= 4 is 11.6 Å². The molecular weight excluding hydrogens is 256 g/mol. The second kappa shape index (κ2) is 5.49. The molecule has 2 aromatic rings. The lowest BCUT2D eigenvalue weighted by Gasteiger charge is -2.11. The van der Waals surface area contributed by atoms with E-state index < -0.39 is 0 Å². The normalized spacial score (nSPS) is 9.90. The fraction of sp³-hybridized carbons (Fsp3) is 0.200. The molecule has 0 radical (unpaired) electrons. The van der Waals surface area contributed by atoms with E-state index in [-0.39, 0.29) is 5.91 Å². The Morgan fingerprint density at radius 2 is 2.15 bits per heavy atom. The lowest BCUT2D eigenvalue weighted by molar-refractivity contribution is 0.102. The maximum atomic E-state index is 12.2. The molecule has 20 heavy (non-hydrogen) atoms. The van der Waals surface area contributed by atoms with Gasteiger partial charge in [0.1, 0.15) is 29.0 Å². The molecule has 5 heteroatoms. The largest absolute Gasteiger partial charge is 0.495 e. The number of para-hydroxylation sites is 1. The Kier molecular flexibility index (Phi) is 3.76. The summed E-state index contributed by atoms with van der Waals surface area (Å²) < 4.78 is 10.5. The highest BCUT2D eigenvalue weighted by atomic mass is 16.5. The third-order valence-corrected chi connectivity index (χ3v) is 2.89. The number of carbonyl (C=O) groups excluding carboxylic acids is 1. The summed E-state index contributed by atoms with van der Waals surface area (Å²) in [5.74, 6) is 1.30. The van der Waals surface area contributed by atoms with Gasteiger partial charge >= 0.3 is 0 Å². The first-order valence-corrected chi connectivity index (χ1v) is 6.02. The predicted octanol–water partition coefficient (Wildman–Crippen LogP) is 3.03. The number of nitriles is 1. The number of rotatable bonds is 3. The summed E-state index contributed by atoms with van der Waals surface area (Å²) in [6, 6.07) is 8.68. The van der Waals surface area contributed by atoms with Crippen molar-refractivity contribution in [3.8, 4) is 11.8 Å². The molecule has 0 fully saturated rings. The average Bonchev–Trinajstić information content (AvgIpc) is 2.78. The first kappa shape index (κ1) is 13.7. The molecule has 0 aliphatic rings. The van der Waals surface area contributed by atoms with Gasteiger partial charge in [-0.25, -0.2) is 0 Å². The predicted molar refractivity (Wildman–Crippen MR) is 73.8 cm³/mol. The van der Waals surface area contributed by atoms with Crippen molar-refractivity contribution in [2.45, 2.75) is 13.8 Å². The number of benzene rings is 1. The van der Waals surface area contributed by atoms with Gasteiger partial charge in [0.05, 0.1) is 18.2 Å². The van der Waals surface area contributed by atoms with Gasteiger partial charge in [-0.1, -0.05) is 6.07 Å². The number of hydrogen-bond donors (Lipinski definition) is 1. The Bertz CT molecular complexity index is 696. The van der Waals surface area contributed by atoms with Gasteiger partial charge in [0.2, 0.25) is 0 Å². The zero-order valence-corrected chi connectivity index (χ0v) is 11.5. The minimum Gasteiger partial charge on any atom is -0.495 e. The van der Waals surface area contributed by atoms with Crippen molar-refractivity contribution in [3.63, 3.8) is 0 Å². The summed E-state index contributed by atoms with van der Waals surface area (Å²) in [6.07, 6.45) is 0. The van der Waals surface area contributed by atoms with Gasteiger partial charge < -0.3 is 14.5 Å². The van der Waals surface area contributed by atoms with E-state index in [4.69, 9.17) is 14.4 Å². The maximum Gasteiger partial charge on any atom is 0.259 e. The molecule has 102 valence electrons. The summed E-state index contributed by atoms with van der Waals surface area (Å²) in [6.45, 7) is 3.49. The van der Waals surface area contributed by atoms with Crippen LogP contribution in [0.5, 0.6) is 5.75 Å². The molecule has 2 rings (SSSR count). The van der Waals surface area contributed by atoms with Crippen LogP contribution in [0.1, 0.15) is 27.4 Å². The number of anilines is 1. The van der Waals surface area contributed by atoms with Crippen LogP contribution < -0.4 is 10.1 Å². The van der Waals surface area contributed by atoms with Crippen LogP contribution in [0.2, 0.25) is 0 Å². The quantitative estimate of drug-likeness (QED) is 0.930. The molecule has 0 bridgehead atoms. The number of nitrogens with zero attached hydrogens (tertiary/aromatic N) is 1. The van der Waals surface area contributed by atoms with Crippen LogP contribution >= 0.6 is 0 Å². The number of amides is 1. The van der Waals surface area contributed by atoms with Crippen LogP contribution in [0.4, 0.5) is 5.69 Å². The number of furan rings is 1. The zero-order chi connectivity index (χ0) is 14.7. The molecule has 0 saturated heterocycles. The molecule has 1 aromatic carbocycles. The van der Waals surface area contributed by atoms with Crippen molar-refractivity contribution in [2.24, 2.45) is 0 Å². The Balaban J connectivity index is 2.37. The van der Waals surface area contributed by atoms with Crippen molar-refractivity contribution in [1.82, 2.24) is 0 Å². The van der Waals surface area contributed by atoms with E-state index in [2.05, 4.69) is 5.32 Å². The van der Waals surface area contributed by atoms with Gasteiger partial charge in [-0.2, -0.15) is 5.26 Å². The fourth-order valence-corrected chi connectivity index (χ4v) is 1.96. The Morgan fingerprint density at radius 1 is 1.40 bits per heavy atom. The van der Waals surface area contributed by atoms with Crippen LogP contribution in [0.15, 0.2) is 28.7 Å². The zero-order valence-electron chi connectivity index (χ0n) is 11.5. The highest BCUT2D eigenvalue weighted by Gasteiger charge is 2.17. The van der Waals surface area contributed by atoms with Crippen LogP contribution in [0, 0.1) is 25.2 Å². The second-order valence-electron chi connectivity index (χ2n) is 4.28. The third kappa shape index (κ3) is 2.50. The van der Waals surface area contributed by atoms with Gasteiger partial charge in [0.25, 0.3) is 5.91 Å². The minimum atomic E-state index is -0.333. The van der Waals surface area contributed by atoms with E-state index in [1.165, 1.54) is 7.11 Å². The average molecular weight is 270 g/mol. The lowest BCUT2D eigenvalue weighted by Crippen LogP contribution is -2.14. The minimum absolute atomic E-state index is 0.333. The first-order chi connectivity index (χ1) is 9.56. The molecular formula is C15H14N2O3. The molecule has 1 N–H and O–H groups in total. The number of nitrogens with one attached hydrogen (secondary N) is 1. The topological polar surface area (TPSA) is 75.3 Å². The molecule has 1 amide bonds. The van der Waals surface area contributed by atoms with Gasteiger partial charge in [0.15, 0.2) is 0 Å². The smallest absolute Gasteiger partial charge is 0.259 e. The van der Waals surface area contributed by atoms with Gasteiger partial charge in [0, 0.05) is 0 Å². The van der Waals surface area contributed by atoms with Gasteiger partial charge in [-0.3, -0.25) is 4.79 Å². The summed E-state index contributed by atoms with van der Waals surface area (Å²) in [5, 5.41) is 11.8. The van der Waals surface area contributed by atoms with E-state index in [1.807, 2.05) is 6.07 Å². The molecule has 0 atom stereocenters. The number of aryl methyl sites for hydroxylation is 2. The van der Waals surface area contributed by atoms with Crippen molar-refractivity contribution < 1.29 is 13.9 Å². The lowest BCUT2D eigenvalue weighted by atomic mass is 10.1.